The Morgan fingerprint density at radius 1 is 1.09 bits per heavy atom. The molecule has 0 aliphatic heterocycles. The van der Waals surface area contributed by atoms with Gasteiger partial charge in [0.25, 0.3) is 0 Å². The lowest BCUT2D eigenvalue weighted by molar-refractivity contribution is 0.461. The predicted octanol–water partition coefficient (Wildman–Crippen LogP) is 4.01. The number of hydrogen-bond donors (Lipinski definition) is 2. The van der Waals surface area contributed by atoms with Crippen LogP contribution in [0.25, 0.3) is 0 Å². The van der Waals surface area contributed by atoms with E-state index in [0.29, 0.717) is 25.0 Å². The molecule has 1 aliphatic rings. The van der Waals surface area contributed by atoms with Crippen LogP contribution in [-0.2, 0) is 6.42 Å². The van der Waals surface area contributed by atoms with Crippen molar-refractivity contribution in [1.82, 2.24) is 9.97 Å². The molecule has 122 valence electrons. The molecule has 2 aromatic rings. The van der Waals surface area contributed by atoms with Crippen molar-refractivity contribution >= 4 is 11.8 Å². The lowest BCUT2D eigenvalue weighted by atomic mass is 9.96. The van der Waals surface area contributed by atoms with Crippen LogP contribution in [0.4, 0.5) is 16.2 Å². The average molecular weight is 314 g/mol. The number of nitrogens with zero attached hydrogens (tertiary/aromatic N) is 2. The van der Waals surface area contributed by atoms with Crippen LogP contribution in [0.2, 0.25) is 0 Å². The SMILES string of the molecule is Fc1ccccc1CCNc1ccnc(NC2CCCCC2)n1. The van der Waals surface area contributed by atoms with Crippen LogP contribution >= 0.6 is 0 Å². The fourth-order valence-corrected chi connectivity index (χ4v) is 2.98. The minimum Gasteiger partial charge on any atom is -0.370 e. The van der Waals surface area contributed by atoms with Gasteiger partial charge < -0.3 is 10.6 Å². The summed E-state index contributed by atoms with van der Waals surface area (Å²) in [6.45, 7) is 0.640. The van der Waals surface area contributed by atoms with Crippen LogP contribution in [0.5, 0.6) is 0 Å². The highest BCUT2D eigenvalue weighted by Crippen LogP contribution is 2.20. The summed E-state index contributed by atoms with van der Waals surface area (Å²) < 4.78 is 13.6. The van der Waals surface area contributed by atoms with E-state index in [1.54, 1.807) is 12.3 Å². The van der Waals surface area contributed by atoms with Gasteiger partial charge >= 0.3 is 0 Å². The number of benzene rings is 1. The van der Waals surface area contributed by atoms with Crippen molar-refractivity contribution in [1.29, 1.82) is 0 Å². The highest BCUT2D eigenvalue weighted by molar-refractivity contribution is 5.40. The molecule has 1 aromatic carbocycles. The quantitative estimate of drug-likeness (QED) is 0.845. The average Bonchev–Trinajstić information content (AvgIpc) is 2.58. The Morgan fingerprint density at radius 2 is 1.91 bits per heavy atom. The van der Waals surface area contributed by atoms with E-state index < -0.39 is 0 Å². The Labute approximate surface area is 136 Å². The first-order valence-corrected chi connectivity index (χ1v) is 8.38. The minimum atomic E-state index is -0.156. The van der Waals surface area contributed by atoms with Crippen LogP contribution in [0.3, 0.4) is 0 Å². The van der Waals surface area contributed by atoms with E-state index in [-0.39, 0.29) is 5.82 Å². The number of anilines is 2. The summed E-state index contributed by atoms with van der Waals surface area (Å²) in [4.78, 5) is 8.79. The summed E-state index contributed by atoms with van der Waals surface area (Å²) in [5, 5.41) is 6.66. The van der Waals surface area contributed by atoms with E-state index in [1.807, 2.05) is 18.2 Å². The first-order valence-electron chi connectivity index (χ1n) is 8.38. The van der Waals surface area contributed by atoms with E-state index in [9.17, 15) is 4.39 Å². The molecular weight excluding hydrogens is 291 g/mol. The topological polar surface area (TPSA) is 49.8 Å². The van der Waals surface area contributed by atoms with Gasteiger partial charge in [0.15, 0.2) is 0 Å². The summed E-state index contributed by atoms with van der Waals surface area (Å²) >= 11 is 0. The summed E-state index contributed by atoms with van der Waals surface area (Å²) in [6.07, 6.45) is 8.64. The molecule has 23 heavy (non-hydrogen) atoms. The molecule has 1 fully saturated rings. The number of hydrogen-bond acceptors (Lipinski definition) is 4. The van der Waals surface area contributed by atoms with E-state index in [1.165, 1.54) is 38.2 Å². The molecule has 0 radical (unpaired) electrons. The summed E-state index contributed by atoms with van der Waals surface area (Å²) in [5.74, 6) is 1.29. The fourth-order valence-electron chi connectivity index (χ4n) is 2.98. The van der Waals surface area contributed by atoms with Crippen molar-refractivity contribution in [2.24, 2.45) is 0 Å². The second-order valence-corrected chi connectivity index (χ2v) is 6.01. The zero-order valence-corrected chi connectivity index (χ0v) is 13.3. The number of halogens is 1. The lowest BCUT2D eigenvalue weighted by Crippen LogP contribution is -2.23. The van der Waals surface area contributed by atoms with Gasteiger partial charge in [0.2, 0.25) is 5.95 Å². The molecule has 1 aromatic heterocycles. The van der Waals surface area contributed by atoms with Gasteiger partial charge in [0.05, 0.1) is 0 Å². The van der Waals surface area contributed by atoms with E-state index in [2.05, 4.69) is 20.6 Å². The third-order valence-corrected chi connectivity index (χ3v) is 4.25. The Hall–Kier alpha value is -2.17. The van der Waals surface area contributed by atoms with E-state index >= 15 is 0 Å². The predicted molar refractivity (Wildman–Crippen MR) is 91.1 cm³/mol. The molecule has 1 aliphatic carbocycles. The molecule has 5 heteroatoms. The van der Waals surface area contributed by atoms with Crippen LogP contribution < -0.4 is 10.6 Å². The van der Waals surface area contributed by atoms with Crippen molar-refractivity contribution < 1.29 is 4.39 Å². The molecule has 3 rings (SSSR count). The molecule has 2 N–H and O–H groups in total. The maximum atomic E-state index is 13.6. The maximum Gasteiger partial charge on any atom is 0.224 e. The first-order chi connectivity index (χ1) is 11.3. The zero-order chi connectivity index (χ0) is 15.9. The molecule has 0 spiro atoms. The molecule has 0 saturated heterocycles. The number of rotatable bonds is 6. The summed E-state index contributed by atoms with van der Waals surface area (Å²) in [7, 11) is 0. The molecule has 0 bridgehead atoms. The molecule has 4 nitrogen and oxygen atoms in total. The van der Waals surface area contributed by atoms with Gasteiger partial charge in [-0.15, -0.1) is 0 Å². The lowest BCUT2D eigenvalue weighted by Gasteiger charge is -2.22. The van der Waals surface area contributed by atoms with Crippen molar-refractivity contribution in [2.45, 2.75) is 44.6 Å². The number of nitrogens with one attached hydrogen (secondary N) is 2. The van der Waals surface area contributed by atoms with Gasteiger partial charge in [-0.05, 0) is 37.0 Å². The van der Waals surface area contributed by atoms with E-state index in [0.717, 1.165) is 11.4 Å². The minimum absolute atomic E-state index is 0.156. The molecule has 1 heterocycles. The van der Waals surface area contributed by atoms with Gasteiger partial charge in [0, 0.05) is 18.8 Å². The molecule has 0 atom stereocenters. The van der Waals surface area contributed by atoms with Gasteiger partial charge in [-0.1, -0.05) is 37.5 Å². The Balaban J connectivity index is 1.52. The normalized spacial score (nSPS) is 15.3. The molecule has 1 saturated carbocycles. The van der Waals surface area contributed by atoms with Crippen LogP contribution in [0, 0.1) is 5.82 Å². The van der Waals surface area contributed by atoms with Gasteiger partial charge in [-0.2, -0.15) is 4.98 Å². The largest absolute Gasteiger partial charge is 0.370 e. The highest BCUT2D eigenvalue weighted by Gasteiger charge is 2.14. The highest BCUT2D eigenvalue weighted by atomic mass is 19.1. The van der Waals surface area contributed by atoms with Crippen molar-refractivity contribution in [2.75, 3.05) is 17.2 Å². The Bertz CT molecular complexity index is 626. The van der Waals surface area contributed by atoms with Gasteiger partial charge in [-0.25, -0.2) is 9.37 Å². The van der Waals surface area contributed by atoms with Crippen LogP contribution in [0.1, 0.15) is 37.7 Å². The molecule has 0 unspecified atom stereocenters. The second-order valence-electron chi connectivity index (χ2n) is 6.01. The Morgan fingerprint density at radius 3 is 2.74 bits per heavy atom. The summed E-state index contributed by atoms with van der Waals surface area (Å²) in [5.41, 5.74) is 0.717. The van der Waals surface area contributed by atoms with Gasteiger partial charge in [-0.3, -0.25) is 0 Å². The Kier molecular flexibility index (Phi) is 5.40. The summed E-state index contributed by atoms with van der Waals surface area (Å²) in [6, 6.07) is 9.19. The molecule has 0 amide bonds. The van der Waals surface area contributed by atoms with Crippen LogP contribution in [-0.4, -0.2) is 22.6 Å². The third kappa shape index (κ3) is 4.65. The monoisotopic (exact) mass is 314 g/mol. The number of aromatic nitrogens is 2. The standard InChI is InChI=1S/C18H23FN4/c19-16-9-5-4-6-14(16)10-12-20-17-11-13-21-18(23-17)22-15-7-2-1-3-8-15/h4-6,9,11,13,15H,1-3,7-8,10,12H2,(H2,20,21,22,23). The third-order valence-electron chi connectivity index (χ3n) is 4.25. The fraction of sp³-hybridized carbons (Fsp3) is 0.444. The van der Waals surface area contributed by atoms with Crippen molar-refractivity contribution in [3.63, 3.8) is 0 Å². The second kappa shape index (κ2) is 7.90. The van der Waals surface area contributed by atoms with Crippen molar-refractivity contribution in [3.05, 3.63) is 47.9 Å². The van der Waals surface area contributed by atoms with E-state index in [4.69, 9.17) is 0 Å². The van der Waals surface area contributed by atoms with Crippen molar-refractivity contribution in [3.8, 4) is 0 Å². The molecular formula is C18H23FN4. The zero-order valence-electron chi connectivity index (χ0n) is 13.3. The van der Waals surface area contributed by atoms with Crippen LogP contribution in [0.15, 0.2) is 36.5 Å². The smallest absolute Gasteiger partial charge is 0.224 e. The maximum absolute atomic E-state index is 13.6. The first kappa shape index (κ1) is 15.7. The van der Waals surface area contributed by atoms with Gasteiger partial charge in [0.1, 0.15) is 11.6 Å².